The fraction of sp³-hybridized carbons (Fsp3) is 0.774. The number of alkyl carbamates (subject to hydrolysis) is 1. The Hall–Kier alpha value is -2.47. The van der Waals surface area contributed by atoms with E-state index in [1.54, 1.807) is 0 Å². The van der Waals surface area contributed by atoms with Crippen molar-refractivity contribution in [1.82, 2.24) is 15.1 Å². The molecule has 3 saturated heterocycles. The van der Waals surface area contributed by atoms with Crippen molar-refractivity contribution in [3.8, 4) is 0 Å². The molecule has 4 heterocycles. The Bertz CT molecular complexity index is 1130. The summed E-state index contributed by atoms with van der Waals surface area (Å²) < 4.78 is 24.1. The molecule has 234 valence electrons. The molecule has 5 rings (SSSR count). The monoisotopic (exact) mass is 589 g/mol. The third kappa shape index (κ3) is 6.85. The molecule has 2 N–H and O–H groups in total. The number of carbonyl (C=O) groups excluding carboxylic acids is 2. The zero-order valence-electron chi connectivity index (χ0n) is 25.8. The van der Waals surface area contributed by atoms with E-state index in [1.165, 1.54) is 16.0 Å². The lowest BCUT2D eigenvalue weighted by Gasteiger charge is -2.35. The van der Waals surface area contributed by atoms with Gasteiger partial charge >= 0.3 is 12.1 Å². The van der Waals surface area contributed by atoms with Crippen LogP contribution in [-0.4, -0.2) is 103 Å². The first kappa shape index (κ1) is 31.0. The summed E-state index contributed by atoms with van der Waals surface area (Å²) in [5.74, 6) is -1.29. The minimum atomic E-state index is -1.10. The highest BCUT2D eigenvalue weighted by Gasteiger charge is 2.52. The second-order valence-corrected chi connectivity index (χ2v) is 14.3. The van der Waals surface area contributed by atoms with Gasteiger partial charge in [0.25, 0.3) is 0 Å². The van der Waals surface area contributed by atoms with Gasteiger partial charge in [-0.3, -0.25) is 9.69 Å². The number of epoxide rings is 1. The number of carboxylic acids is 1. The van der Waals surface area contributed by atoms with Crippen molar-refractivity contribution in [3.05, 3.63) is 23.3 Å². The van der Waals surface area contributed by atoms with Gasteiger partial charge in [0, 0.05) is 38.6 Å². The van der Waals surface area contributed by atoms with Crippen molar-refractivity contribution < 1.29 is 38.4 Å². The van der Waals surface area contributed by atoms with E-state index in [0.717, 1.165) is 32.4 Å². The smallest absolute Gasteiger partial charge is 0.407 e. The maximum atomic E-state index is 13.8. The molecule has 42 heavy (non-hydrogen) atoms. The largest absolute Gasteiger partial charge is 0.480 e. The van der Waals surface area contributed by atoms with E-state index in [4.69, 9.17) is 18.9 Å². The van der Waals surface area contributed by atoms with Gasteiger partial charge < -0.3 is 34.3 Å². The van der Waals surface area contributed by atoms with E-state index in [2.05, 4.69) is 43.1 Å². The van der Waals surface area contributed by atoms with Gasteiger partial charge in [-0.15, -0.1) is 0 Å². The molecule has 1 aliphatic carbocycles. The van der Waals surface area contributed by atoms with E-state index < -0.39 is 47.9 Å². The highest BCUT2D eigenvalue weighted by Crippen LogP contribution is 2.39. The molecule has 0 radical (unpaired) electrons. The summed E-state index contributed by atoms with van der Waals surface area (Å²) in [6, 6.07) is -2.03. The molecule has 11 heteroatoms. The van der Waals surface area contributed by atoms with Crippen LogP contribution in [0.5, 0.6) is 0 Å². The zero-order chi connectivity index (χ0) is 30.4. The van der Waals surface area contributed by atoms with Crippen LogP contribution in [0.1, 0.15) is 67.2 Å². The average molecular weight is 590 g/mol. The number of carboxylic acid groups (broad SMARTS) is 1. The highest BCUT2D eigenvalue weighted by molar-refractivity contribution is 5.90. The Labute approximate surface area is 248 Å². The number of hydrogen-bond donors (Lipinski definition) is 2. The predicted octanol–water partition coefficient (Wildman–Crippen LogP) is 3.29. The molecular formula is C31H47N3O8. The molecule has 3 fully saturated rings. The predicted molar refractivity (Wildman–Crippen MR) is 153 cm³/mol. The molecule has 4 aliphatic heterocycles. The summed E-state index contributed by atoms with van der Waals surface area (Å²) >= 11 is 0. The van der Waals surface area contributed by atoms with Gasteiger partial charge in [0.1, 0.15) is 12.1 Å². The number of ether oxygens (including phenoxy) is 4. The number of rotatable bonds is 1. The highest BCUT2D eigenvalue weighted by atomic mass is 16.8. The van der Waals surface area contributed by atoms with Crippen molar-refractivity contribution in [1.29, 1.82) is 0 Å². The normalized spacial score (nSPS) is 37.7. The van der Waals surface area contributed by atoms with E-state index in [1.807, 2.05) is 20.8 Å². The van der Waals surface area contributed by atoms with Gasteiger partial charge in [-0.2, -0.15) is 0 Å². The molecule has 0 spiro atoms. The number of nitrogens with one attached hydrogen (secondary N) is 1. The Morgan fingerprint density at radius 2 is 1.90 bits per heavy atom. The van der Waals surface area contributed by atoms with Crippen LogP contribution >= 0.6 is 0 Å². The van der Waals surface area contributed by atoms with Gasteiger partial charge in [-0.25, -0.2) is 9.59 Å². The van der Waals surface area contributed by atoms with Crippen molar-refractivity contribution in [2.75, 3.05) is 32.8 Å². The molecule has 0 aromatic rings. The van der Waals surface area contributed by atoms with Crippen LogP contribution in [0.4, 0.5) is 4.79 Å². The van der Waals surface area contributed by atoms with Crippen LogP contribution in [-0.2, 0) is 28.5 Å². The fourth-order valence-electron chi connectivity index (χ4n) is 6.48. The molecular weight excluding hydrogens is 542 g/mol. The average Bonchev–Trinajstić information content (AvgIpc) is 3.32. The van der Waals surface area contributed by atoms with Crippen LogP contribution in [0.15, 0.2) is 23.3 Å². The first-order chi connectivity index (χ1) is 19.7. The SMILES string of the molecule is CC1C=CC2=C3CN(C2)C2OC2OC2CC(C(=O)O)N(C2)C(=O)C(C(C)(C)C)NC(=O)OCC(C)(C)CCCCOC31. The summed E-state index contributed by atoms with van der Waals surface area (Å²) in [5.41, 5.74) is 1.61. The second kappa shape index (κ2) is 11.9. The van der Waals surface area contributed by atoms with Crippen molar-refractivity contribution in [3.63, 3.8) is 0 Å². The fourth-order valence-corrected chi connectivity index (χ4v) is 6.48. The summed E-state index contributed by atoms with van der Waals surface area (Å²) in [4.78, 5) is 42.5. The third-order valence-electron chi connectivity index (χ3n) is 9.04. The van der Waals surface area contributed by atoms with Gasteiger partial charge in [-0.1, -0.05) is 60.1 Å². The van der Waals surface area contributed by atoms with Crippen molar-refractivity contribution in [2.45, 2.75) is 104 Å². The van der Waals surface area contributed by atoms with Gasteiger partial charge in [0.05, 0.1) is 18.8 Å². The first-order valence-electron chi connectivity index (χ1n) is 15.3. The van der Waals surface area contributed by atoms with E-state index >= 15 is 0 Å². The number of hydrogen-bond acceptors (Lipinski definition) is 8. The summed E-state index contributed by atoms with van der Waals surface area (Å²) in [7, 11) is 0. The Morgan fingerprint density at radius 1 is 1.14 bits per heavy atom. The minimum Gasteiger partial charge on any atom is -0.480 e. The van der Waals surface area contributed by atoms with Crippen LogP contribution in [0.25, 0.3) is 0 Å². The third-order valence-corrected chi connectivity index (χ3v) is 9.04. The lowest BCUT2D eigenvalue weighted by Crippen LogP contribution is -2.57. The number of nitrogens with zero attached hydrogens (tertiary/aromatic N) is 2. The molecule has 0 aromatic carbocycles. The molecule has 5 aliphatic rings. The Balaban J connectivity index is 1.34. The van der Waals surface area contributed by atoms with Gasteiger partial charge in [0.2, 0.25) is 5.91 Å². The maximum Gasteiger partial charge on any atom is 0.407 e. The van der Waals surface area contributed by atoms with E-state index in [9.17, 15) is 19.5 Å². The molecule has 8 unspecified atom stereocenters. The van der Waals surface area contributed by atoms with E-state index in [0.29, 0.717) is 6.61 Å². The summed E-state index contributed by atoms with van der Waals surface area (Å²) in [6.07, 6.45) is 5.34. The number of fused-ring (bicyclic) bond motifs is 5. The molecule has 4 bridgehead atoms. The molecule has 0 aromatic heterocycles. The summed E-state index contributed by atoms with van der Waals surface area (Å²) in [5, 5.41) is 12.7. The number of amides is 2. The molecule has 0 saturated carbocycles. The molecule has 2 amide bonds. The van der Waals surface area contributed by atoms with Gasteiger partial charge in [0.15, 0.2) is 12.5 Å². The van der Waals surface area contributed by atoms with Crippen LogP contribution in [0.2, 0.25) is 0 Å². The Kier molecular flexibility index (Phi) is 8.78. The van der Waals surface area contributed by atoms with Crippen LogP contribution in [0, 0.1) is 16.7 Å². The summed E-state index contributed by atoms with van der Waals surface area (Å²) in [6.45, 7) is 14.2. The zero-order valence-corrected chi connectivity index (χ0v) is 25.8. The maximum absolute atomic E-state index is 13.8. The second-order valence-electron chi connectivity index (χ2n) is 14.3. The minimum absolute atomic E-state index is 0.0208. The topological polar surface area (TPSA) is 130 Å². The van der Waals surface area contributed by atoms with Crippen molar-refractivity contribution in [2.24, 2.45) is 16.7 Å². The van der Waals surface area contributed by atoms with Gasteiger partial charge in [-0.05, 0) is 34.8 Å². The quantitative estimate of drug-likeness (QED) is 0.443. The lowest BCUT2D eigenvalue weighted by atomic mass is 9.85. The standard InChI is InChI=1S/C31H47N3O8/c1-18-9-10-19-14-33-16-21(19)23(18)39-12-8-7-11-31(5,6)17-40-29(38)32-24(30(2,3)4)25(35)34-15-20(13-22(34)27(36)37)41-28-26(33)42-28/h9-10,18,20,22-24,26,28H,7-8,11-17H2,1-6H3,(H,32,38)(H,36,37). The van der Waals surface area contributed by atoms with Crippen molar-refractivity contribution >= 4 is 18.0 Å². The molecule has 8 atom stereocenters. The number of aliphatic carboxylic acids is 1. The Morgan fingerprint density at radius 3 is 2.62 bits per heavy atom. The molecule has 11 nitrogen and oxygen atoms in total. The van der Waals surface area contributed by atoms with E-state index in [-0.39, 0.29) is 43.2 Å². The lowest BCUT2D eigenvalue weighted by molar-refractivity contribution is -0.150. The first-order valence-corrected chi connectivity index (χ1v) is 15.3. The number of cyclic esters (lactones) is 1. The van der Waals surface area contributed by atoms with Crippen LogP contribution in [0.3, 0.4) is 0 Å². The number of carbonyl (C=O) groups is 3. The van der Waals surface area contributed by atoms with Crippen LogP contribution < -0.4 is 5.32 Å².